The largest absolute Gasteiger partial charge is 0.396 e. The quantitative estimate of drug-likeness (QED) is 0.786. The zero-order valence-electron chi connectivity index (χ0n) is 10.4. The molecule has 1 fully saturated rings. The Morgan fingerprint density at radius 1 is 1.20 bits per heavy atom. The number of benzene rings is 1. The molecular weight excluding hydrogens is 303 g/mol. The summed E-state index contributed by atoms with van der Waals surface area (Å²) in [5.41, 5.74) is 1.42. The van der Waals surface area contributed by atoms with Crippen LogP contribution in [0.4, 0.5) is 0 Å². The van der Waals surface area contributed by atoms with Crippen molar-refractivity contribution in [3.05, 3.63) is 28.5 Å². The second-order valence-corrected chi connectivity index (χ2v) is 5.95. The SMILES string of the molecule is OC[C@H]1C[C@@H](n2cnc3cc(Cl)c(Cl)cc32)[C@H](O)[C@@H]1O. The summed E-state index contributed by atoms with van der Waals surface area (Å²) in [6.07, 6.45) is 0.187. The van der Waals surface area contributed by atoms with E-state index in [4.69, 9.17) is 23.2 Å². The van der Waals surface area contributed by atoms with Gasteiger partial charge in [0.05, 0.1) is 39.6 Å². The van der Waals surface area contributed by atoms with Gasteiger partial charge in [-0.1, -0.05) is 23.2 Å². The van der Waals surface area contributed by atoms with Gasteiger partial charge in [0.25, 0.3) is 0 Å². The predicted molar refractivity (Wildman–Crippen MR) is 76.0 cm³/mol. The first kappa shape index (κ1) is 14.1. The van der Waals surface area contributed by atoms with Gasteiger partial charge in [-0.25, -0.2) is 4.98 Å². The fourth-order valence-corrected chi connectivity index (χ4v) is 3.16. The van der Waals surface area contributed by atoms with Gasteiger partial charge in [0.2, 0.25) is 0 Å². The Bertz CT molecular complexity index is 646. The van der Waals surface area contributed by atoms with E-state index < -0.39 is 12.2 Å². The molecule has 4 atom stereocenters. The van der Waals surface area contributed by atoms with Crippen molar-refractivity contribution in [3.63, 3.8) is 0 Å². The summed E-state index contributed by atoms with van der Waals surface area (Å²) in [5.74, 6) is -0.338. The van der Waals surface area contributed by atoms with Gasteiger partial charge in [-0.05, 0) is 18.6 Å². The van der Waals surface area contributed by atoms with Gasteiger partial charge in [0, 0.05) is 12.5 Å². The van der Waals surface area contributed by atoms with Crippen molar-refractivity contribution in [1.29, 1.82) is 0 Å². The minimum Gasteiger partial charge on any atom is -0.396 e. The van der Waals surface area contributed by atoms with E-state index in [1.165, 1.54) is 0 Å². The molecule has 108 valence electrons. The van der Waals surface area contributed by atoms with Crippen LogP contribution in [0, 0.1) is 5.92 Å². The van der Waals surface area contributed by atoms with E-state index in [1.807, 2.05) is 0 Å². The van der Waals surface area contributed by atoms with E-state index in [0.717, 1.165) is 5.52 Å². The van der Waals surface area contributed by atoms with Crippen LogP contribution in [-0.4, -0.2) is 43.7 Å². The van der Waals surface area contributed by atoms with Gasteiger partial charge >= 0.3 is 0 Å². The molecule has 5 nitrogen and oxygen atoms in total. The summed E-state index contributed by atoms with van der Waals surface area (Å²) in [4.78, 5) is 4.24. The number of aromatic nitrogens is 2. The maximum absolute atomic E-state index is 10.1. The molecular formula is C13H14Cl2N2O3. The van der Waals surface area contributed by atoms with E-state index in [-0.39, 0.29) is 18.6 Å². The standard InChI is InChI=1S/C13H14Cl2N2O3/c14-7-2-9-10(3-8(7)15)17(5-16-9)11-1-6(4-18)12(19)13(11)20/h2-3,5-6,11-13,18-20H,1,4H2/t6-,11-,12-,13+/m1/s1. The summed E-state index contributed by atoms with van der Waals surface area (Å²) >= 11 is 12.0. The number of hydrogen-bond donors (Lipinski definition) is 3. The molecule has 1 aromatic heterocycles. The van der Waals surface area contributed by atoms with E-state index in [0.29, 0.717) is 22.0 Å². The molecule has 0 amide bonds. The summed E-state index contributed by atoms with van der Waals surface area (Å²) in [7, 11) is 0. The fourth-order valence-electron chi connectivity index (χ4n) is 2.84. The van der Waals surface area contributed by atoms with Gasteiger partial charge in [0.1, 0.15) is 6.10 Å². The normalized spacial score (nSPS) is 30.2. The Morgan fingerprint density at radius 3 is 2.55 bits per heavy atom. The van der Waals surface area contributed by atoms with Crippen LogP contribution in [-0.2, 0) is 0 Å². The molecule has 1 heterocycles. The van der Waals surface area contributed by atoms with Crippen LogP contribution in [0.1, 0.15) is 12.5 Å². The molecule has 1 aliphatic rings. The number of fused-ring (bicyclic) bond motifs is 1. The lowest BCUT2D eigenvalue weighted by Gasteiger charge is -2.18. The summed E-state index contributed by atoms with van der Waals surface area (Å²) < 4.78 is 1.78. The molecule has 2 aromatic rings. The van der Waals surface area contributed by atoms with Crippen molar-refractivity contribution in [3.8, 4) is 0 Å². The highest BCUT2D eigenvalue weighted by Gasteiger charge is 2.42. The first-order chi connectivity index (χ1) is 9.52. The fraction of sp³-hybridized carbons (Fsp3) is 0.462. The molecule has 0 radical (unpaired) electrons. The minimum absolute atomic E-state index is 0.159. The number of rotatable bonds is 2. The van der Waals surface area contributed by atoms with Crippen LogP contribution in [0.15, 0.2) is 18.5 Å². The molecule has 3 N–H and O–H groups in total. The highest BCUT2D eigenvalue weighted by atomic mass is 35.5. The number of hydrogen-bond acceptors (Lipinski definition) is 4. The van der Waals surface area contributed by atoms with Gasteiger partial charge < -0.3 is 19.9 Å². The number of aliphatic hydroxyl groups is 3. The molecule has 0 bridgehead atoms. The average Bonchev–Trinajstić information content (AvgIpc) is 2.94. The molecule has 3 rings (SSSR count). The predicted octanol–water partition coefficient (Wildman–Crippen LogP) is 1.62. The third kappa shape index (κ3) is 2.10. The molecule has 0 unspecified atom stereocenters. The van der Waals surface area contributed by atoms with Gasteiger partial charge in [0.15, 0.2) is 0 Å². The summed E-state index contributed by atoms with van der Waals surface area (Å²) in [5, 5.41) is 30.1. The van der Waals surface area contributed by atoms with Crippen LogP contribution >= 0.6 is 23.2 Å². The van der Waals surface area contributed by atoms with E-state index in [9.17, 15) is 15.3 Å². The topological polar surface area (TPSA) is 78.5 Å². The van der Waals surface area contributed by atoms with Crippen molar-refractivity contribution in [2.24, 2.45) is 5.92 Å². The monoisotopic (exact) mass is 316 g/mol. The van der Waals surface area contributed by atoms with Crippen LogP contribution in [0.25, 0.3) is 11.0 Å². The van der Waals surface area contributed by atoms with Crippen LogP contribution in [0.5, 0.6) is 0 Å². The van der Waals surface area contributed by atoms with E-state index >= 15 is 0 Å². The van der Waals surface area contributed by atoms with Crippen LogP contribution in [0.3, 0.4) is 0 Å². The minimum atomic E-state index is -0.945. The molecule has 20 heavy (non-hydrogen) atoms. The summed E-state index contributed by atoms with van der Waals surface area (Å²) in [6.45, 7) is -0.159. The Hall–Kier alpha value is -0.850. The van der Waals surface area contributed by atoms with Crippen molar-refractivity contribution >= 4 is 34.2 Å². The molecule has 0 spiro atoms. The average molecular weight is 317 g/mol. The maximum atomic E-state index is 10.1. The summed E-state index contributed by atoms with van der Waals surface area (Å²) in [6, 6.07) is 3.01. The molecule has 0 aliphatic heterocycles. The number of aliphatic hydroxyl groups excluding tert-OH is 3. The molecule has 1 aromatic carbocycles. The number of halogens is 2. The second kappa shape index (κ2) is 5.16. The maximum Gasteiger partial charge on any atom is 0.101 e. The first-order valence-electron chi connectivity index (χ1n) is 6.31. The third-order valence-electron chi connectivity index (χ3n) is 3.98. The number of nitrogens with zero attached hydrogens (tertiary/aromatic N) is 2. The second-order valence-electron chi connectivity index (χ2n) is 5.13. The lowest BCUT2D eigenvalue weighted by atomic mass is 10.1. The Kier molecular flexibility index (Phi) is 3.64. The highest BCUT2D eigenvalue weighted by molar-refractivity contribution is 6.42. The highest BCUT2D eigenvalue weighted by Crippen LogP contribution is 2.38. The third-order valence-corrected chi connectivity index (χ3v) is 4.70. The lowest BCUT2D eigenvalue weighted by Crippen LogP contribution is -2.30. The Labute approximate surface area is 125 Å². The smallest absolute Gasteiger partial charge is 0.101 e. The van der Waals surface area contributed by atoms with Crippen molar-refractivity contribution in [1.82, 2.24) is 9.55 Å². The Morgan fingerprint density at radius 2 is 1.90 bits per heavy atom. The zero-order valence-corrected chi connectivity index (χ0v) is 12.0. The molecule has 0 saturated heterocycles. The van der Waals surface area contributed by atoms with Crippen molar-refractivity contribution < 1.29 is 15.3 Å². The lowest BCUT2D eigenvalue weighted by molar-refractivity contribution is -0.00365. The van der Waals surface area contributed by atoms with E-state index in [2.05, 4.69) is 4.98 Å². The van der Waals surface area contributed by atoms with Gasteiger partial charge in [-0.3, -0.25) is 0 Å². The zero-order chi connectivity index (χ0) is 14.4. The van der Waals surface area contributed by atoms with Crippen molar-refractivity contribution in [2.75, 3.05) is 6.61 Å². The van der Waals surface area contributed by atoms with Crippen LogP contribution in [0.2, 0.25) is 10.0 Å². The number of imidazole rings is 1. The van der Waals surface area contributed by atoms with Crippen molar-refractivity contribution in [2.45, 2.75) is 24.7 Å². The Balaban J connectivity index is 2.05. The van der Waals surface area contributed by atoms with Gasteiger partial charge in [-0.2, -0.15) is 0 Å². The van der Waals surface area contributed by atoms with Gasteiger partial charge in [-0.15, -0.1) is 0 Å². The molecule has 1 saturated carbocycles. The van der Waals surface area contributed by atoms with E-state index in [1.54, 1.807) is 23.0 Å². The van der Waals surface area contributed by atoms with Crippen LogP contribution < -0.4 is 0 Å². The first-order valence-corrected chi connectivity index (χ1v) is 7.07. The molecule has 7 heteroatoms. The molecule has 1 aliphatic carbocycles.